The largest absolute Gasteiger partial charge is 0.339 e. The van der Waals surface area contributed by atoms with E-state index in [1.54, 1.807) is 0 Å². The average molecular weight is 216 g/mol. The predicted molar refractivity (Wildman–Crippen MR) is 61.6 cm³/mol. The molecule has 1 heterocycles. The number of nitrogens with one attached hydrogen (secondary N) is 1. The highest BCUT2D eigenvalue weighted by molar-refractivity contribution is 8.00. The van der Waals surface area contributed by atoms with Crippen LogP contribution in [0, 0.1) is 0 Å². The summed E-state index contributed by atoms with van der Waals surface area (Å²) < 4.78 is 0. The minimum absolute atomic E-state index is 0.0457. The maximum atomic E-state index is 11.8. The standard InChI is InChI=1S/C10H20N2OS/c1-4-9-7-12(5-6-14-9)10(13)8(2)11-3/h8-9,11H,4-7H2,1-3H3. The Hall–Kier alpha value is -0.220. The van der Waals surface area contributed by atoms with E-state index in [1.807, 2.05) is 30.6 Å². The zero-order valence-electron chi connectivity index (χ0n) is 9.25. The van der Waals surface area contributed by atoms with Gasteiger partial charge in [0.25, 0.3) is 0 Å². The first-order chi connectivity index (χ1) is 6.69. The zero-order chi connectivity index (χ0) is 10.6. The first kappa shape index (κ1) is 11.9. The van der Waals surface area contributed by atoms with Crippen LogP contribution in [0.5, 0.6) is 0 Å². The molecule has 2 unspecified atom stereocenters. The monoisotopic (exact) mass is 216 g/mol. The molecule has 0 saturated carbocycles. The van der Waals surface area contributed by atoms with Crippen LogP contribution in [0.1, 0.15) is 20.3 Å². The van der Waals surface area contributed by atoms with Crippen molar-refractivity contribution < 1.29 is 4.79 Å². The van der Waals surface area contributed by atoms with Gasteiger partial charge in [-0.05, 0) is 20.4 Å². The van der Waals surface area contributed by atoms with Crippen molar-refractivity contribution in [2.45, 2.75) is 31.6 Å². The average Bonchev–Trinajstić information content (AvgIpc) is 2.27. The van der Waals surface area contributed by atoms with E-state index in [0.29, 0.717) is 5.25 Å². The molecule has 14 heavy (non-hydrogen) atoms. The molecule has 0 spiro atoms. The van der Waals surface area contributed by atoms with E-state index in [1.165, 1.54) is 0 Å². The molecule has 0 bridgehead atoms. The number of nitrogens with zero attached hydrogens (tertiary/aromatic N) is 1. The third kappa shape index (κ3) is 2.89. The van der Waals surface area contributed by atoms with E-state index in [4.69, 9.17) is 0 Å². The molecule has 2 atom stereocenters. The highest BCUT2D eigenvalue weighted by atomic mass is 32.2. The fraction of sp³-hybridized carbons (Fsp3) is 0.900. The second kappa shape index (κ2) is 5.61. The van der Waals surface area contributed by atoms with Gasteiger partial charge < -0.3 is 10.2 Å². The van der Waals surface area contributed by atoms with E-state index < -0.39 is 0 Å². The summed E-state index contributed by atoms with van der Waals surface area (Å²) in [5.74, 6) is 1.33. The highest BCUT2D eigenvalue weighted by Crippen LogP contribution is 2.21. The van der Waals surface area contributed by atoms with Crippen molar-refractivity contribution >= 4 is 17.7 Å². The molecule has 1 rings (SSSR count). The van der Waals surface area contributed by atoms with Gasteiger partial charge in [0.05, 0.1) is 6.04 Å². The molecule has 0 radical (unpaired) electrons. The Morgan fingerprint density at radius 2 is 2.43 bits per heavy atom. The van der Waals surface area contributed by atoms with Gasteiger partial charge in [-0.25, -0.2) is 0 Å². The van der Waals surface area contributed by atoms with Gasteiger partial charge in [0, 0.05) is 24.1 Å². The molecule has 0 aromatic heterocycles. The lowest BCUT2D eigenvalue weighted by atomic mass is 10.2. The Bertz CT molecular complexity index is 199. The molecular weight excluding hydrogens is 196 g/mol. The first-order valence-electron chi connectivity index (χ1n) is 5.26. The molecule has 1 saturated heterocycles. The minimum Gasteiger partial charge on any atom is -0.339 e. The second-order valence-corrected chi connectivity index (χ2v) is 5.10. The van der Waals surface area contributed by atoms with Gasteiger partial charge >= 0.3 is 0 Å². The minimum atomic E-state index is -0.0457. The fourth-order valence-electron chi connectivity index (χ4n) is 1.56. The molecular formula is C10H20N2OS. The number of hydrogen-bond acceptors (Lipinski definition) is 3. The maximum Gasteiger partial charge on any atom is 0.239 e. The Balaban J connectivity index is 2.47. The van der Waals surface area contributed by atoms with Gasteiger partial charge in [-0.1, -0.05) is 6.92 Å². The number of carbonyl (C=O) groups is 1. The summed E-state index contributed by atoms with van der Waals surface area (Å²) in [6.07, 6.45) is 1.16. The van der Waals surface area contributed by atoms with E-state index in [0.717, 1.165) is 25.3 Å². The predicted octanol–water partition coefficient (Wildman–Crippen LogP) is 0.948. The van der Waals surface area contributed by atoms with E-state index in [9.17, 15) is 4.79 Å². The highest BCUT2D eigenvalue weighted by Gasteiger charge is 2.25. The van der Waals surface area contributed by atoms with Gasteiger partial charge in [0.15, 0.2) is 0 Å². The van der Waals surface area contributed by atoms with Crippen molar-refractivity contribution in [3.8, 4) is 0 Å². The van der Waals surface area contributed by atoms with Crippen LogP contribution in [-0.2, 0) is 4.79 Å². The number of amides is 1. The number of thioether (sulfide) groups is 1. The Labute approximate surface area is 90.6 Å². The Kier molecular flexibility index (Phi) is 4.75. The molecule has 82 valence electrons. The van der Waals surface area contributed by atoms with Gasteiger partial charge in [-0.2, -0.15) is 11.8 Å². The lowest BCUT2D eigenvalue weighted by molar-refractivity contribution is -0.132. The van der Waals surface area contributed by atoms with E-state index in [2.05, 4.69) is 12.2 Å². The molecule has 0 aromatic carbocycles. The summed E-state index contributed by atoms with van der Waals surface area (Å²) in [6, 6.07) is -0.0457. The van der Waals surface area contributed by atoms with Crippen molar-refractivity contribution in [1.82, 2.24) is 10.2 Å². The SMILES string of the molecule is CCC1CN(C(=O)C(C)NC)CCS1. The maximum absolute atomic E-state index is 11.8. The smallest absolute Gasteiger partial charge is 0.239 e. The van der Waals surface area contributed by atoms with Gasteiger partial charge in [-0.15, -0.1) is 0 Å². The Morgan fingerprint density at radius 1 is 1.71 bits per heavy atom. The van der Waals surface area contributed by atoms with E-state index in [-0.39, 0.29) is 11.9 Å². The van der Waals surface area contributed by atoms with Gasteiger partial charge in [-0.3, -0.25) is 4.79 Å². The van der Waals surface area contributed by atoms with Crippen LogP contribution in [0.4, 0.5) is 0 Å². The third-order valence-corrected chi connectivity index (χ3v) is 4.08. The number of likely N-dealkylation sites (N-methyl/N-ethyl adjacent to an activating group) is 1. The molecule has 0 aliphatic carbocycles. The normalized spacial score (nSPS) is 24.8. The fourth-order valence-corrected chi connectivity index (χ4v) is 2.74. The van der Waals surface area contributed by atoms with Crippen LogP contribution in [0.15, 0.2) is 0 Å². The van der Waals surface area contributed by atoms with E-state index >= 15 is 0 Å². The summed E-state index contributed by atoms with van der Waals surface area (Å²) >= 11 is 1.99. The summed E-state index contributed by atoms with van der Waals surface area (Å²) in [4.78, 5) is 13.8. The van der Waals surface area contributed by atoms with Crippen LogP contribution in [0.3, 0.4) is 0 Å². The second-order valence-electron chi connectivity index (χ2n) is 3.70. The zero-order valence-corrected chi connectivity index (χ0v) is 10.1. The summed E-state index contributed by atoms with van der Waals surface area (Å²) in [5, 5.41) is 3.63. The number of rotatable bonds is 3. The van der Waals surface area contributed by atoms with Crippen molar-refractivity contribution in [3.05, 3.63) is 0 Å². The molecule has 1 N–H and O–H groups in total. The van der Waals surface area contributed by atoms with Crippen molar-refractivity contribution in [3.63, 3.8) is 0 Å². The summed E-state index contributed by atoms with van der Waals surface area (Å²) in [7, 11) is 1.83. The van der Waals surface area contributed by atoms with Crippen LogP contribution in [0.25, 0.3) is 0 Å². The molecule has 1 amide bonds. The first-order valence-corrected chi connectivity index (χ1v) is 6.31. The quantitative estimate of drug-likeness (QED) is 0.762. The van der Waals surface area contributed by atoms with Crippen molar-refractivity contribution in [2.24, 2.45) is 0 Å². The lowest BCUT2D eigenvalue weighted by Gasteiger charge is -2.33. The molecule has 1 aliphatic heterocycles. The molecule has 1 fully saturated rings. The van der Waals surface area contributed by atoms with Crippen LogP contribution >= 0.6 is 11.8 Å². The Morgan fingerprint density at radius 3 is 3.00 bits per heavy atom. The number of carbonyl (C=O) groups excluding carboxylic acids is 1. The molecule has 3 nitrogen and oxygen atoms in total. The summed E-state index contributed by atoms with van der Waals surface area (Å²) in [5.41, 5.74) is 0. The molecule has 0 aromatic rings. The number of hydrogen-bond donors (Lipinski definition) is 1. The van der Waals surface area contributed by atoms with Gasteiger partial charge in [0.2, 0.25) is 5.91 Å². The van der Waals surface area contributed by atoms with Crippen molar-refractivity contribution in [1.29, 1.82) is 0 Å². The van der Waals surface area contributed by atoms with Crippen LogP contribution < -0.4 is 5.32 Å². The molecule has 1 aliphatic rings. The summed E-state index contributed by atoms with van der Waals surface area (Å²) in [6.45, 7) is 5.94. The van der Waals surface area contributed by atoms with Crippen LogP contribution in [0.2, 0.25) is 0 Å². The van der Waals surface area contributed by atoms with Crippen molar-refractivity contribution in [2.75, 3.05) is 25.9 Å². The molecule has 4 heteroatoms. The van der Waals surface area contributed by atoms with Crippen LogP contribution in [-0.4, -0.2) is 48.0 Å². The third-order valence-electron chi connectivity index (χ3n) is 2.71. The lowest BCUT2D eigenvalue weighted by Crippen LogP contribution is -2.48. The van der Waals surface area contributed by atoms with Gasteiger partial charge in [0.1, 0.15) is 0 Å². The topological polar surface area (TPSA) is 32.3 Å².